The Morgan fingerprint density at radius 1 is 1.17 bits per heavy atom. The summed E-state index contributed by atoms with van der Waals surface area (Å²) in [6.07, 6.45) is 1.55. The highest BCUT2D eigenvalue weighted by molar-refractivity contribution is 5.96. The zero-order valence-electron chi connectivity index (χ0n) is 14.1. The molecule has 0 radical (unpaired) electrons. The maximum Gasteiger partial charge on any atom is 0.328 e. The second-order valence-corrected chi connectivity index (χ2v) is 6.74. The Bertz CT molecular complexity index is 642. The molecular formula is C17H23FN4O2. The Balaban J connectivity index is 1.69. The molecule has 3 N–H and O–H groups in total. The van der Waals surface area contributed by atoms with Crippen LogP contribution in [0.5, 0.6) is 0 Å². The van der Waals surface area contributed by atoms with Crippen LogP contribution in [-0.2, 0) is 0 Å². The molecule has 1 aliphatic carbocycles. The SMILES string of the molecule is CC(C)N1C(=O)NC(N[C@@H](C)c2cc(C3CC3)ccc2F)NC1=O. The Morgan fingerprint density at radius 3 is 2.33 bits per heavy atom. The Hall–Kier alpha value is -2.15. The minimum Gasteiger partial charge on any atom is -0.304 e. The molecule has 1 atom stereocenters. The summed E-state index contributed by atoms with van der Waals surface area (Å²) in [5.41, 5.74) is 1.68. The summed E-state index contributed by atoms with van der Waals surface area (Å²) in [6.45, 7) is 5.32. The van der Waals surface area contributed by atoms with Crippen molar-refractivity contribution in [3.63, 3.8) is 0 Å². The van der Waals surface area contributed by atoms with Crippen molar-refractivity contribution in [1.29, 1.82) is 0 Å². The van der Waals surface area contributed by atoms with Crippen molar-refractivity contribution >= 4 is 12.1 Å². The molecule has 2 aliphatic rings. The zero-order chi connectivity index (χ0) is 17.4. The fourth-order valence-electron chi connectivity index (χ4n) is 2.97. The molecule has 1 aliphatic heterocycles. The molecule has 1 heterocycles. The molecule has 0 bridgehead atoms. The molecule has 0 unspecified atom stereocenters. The summed E-state index contributed by atoms with van der Waals surface area (Å²) in [7, 11) is 0. The van der Waals surface area contributed by atoms with E-state index in [0.717, 1.165) is 23.3 Å². The monoisotopic (exact) mass is 334 g/mol. The minimum absolute atomic E-state index is 0.240. The van der Waals surface area contributed by atoms with Crippen molar-refractivity contribution in [2.45, 2.75) is 57.9 Å². The maximum atomic E-state index is 14.2. The fourth-order valence-corrected chi connectivity index (χ4v) is 2.97. The first-order valence-corrected chi connectivity index (χ1v) is 8.32. The number of carbonyl (C=O) groups excluding carboxylic acids is 2. The summed E-state index contributed by atoms with van der Waals surface area (Å²) in [5.74, 6) is 0.238. The topological polar surface area (TPSA) is 73.5 Å². The van der Waals surface area contributed by atoms with Crippen LogP contribution >= 0.6 is 0 Å². The van der Waals surface area contributed by atoms with Gasteiger partial charge in [-0.1, -0.05) is 12.1 Å². The summed E-state index contributed by atoms with van der Waals surface area (Å²) >= 11 is 0. The van der Waals surface area contributed by atoms with Crippen molar-refractivity contribution < 1.29 is 14.0 Å². The minimum atomic E-state index is -0.737. The zero-order valence-corrected chi connectivity index (χ0v) is 14.1. The van der Waals surface area contributed by atoms with E-state index in [4.69, 9.17) is 0 Å². The molecule has 2 fully saturated rings. The molecule has 4 amide bonds. The predicted molar refractivity (Wildman–Crippen MR) is 87.8 cm³/mol. The van der Waals surface area contributed by atoms with E-state index in [1.54, 1.807) is 13.8 Å². The van der Waals surface area contributed by atoms with Gasteiger partial charge in [-0.15, -0.1) is 0 Å². The largest absolute Gasteiger partial charge is 0.328 e. The lowest BCUT2D eigenvalue weighted by Gasteiger charge is -2.36. The summed E-state index contributed by atoms with van der Waals surface area (Å²) < 4.78 is 14.2. The van der Waals surface area contributed by atoms with Crippen LogP contribution in [0, 0.1) is 5.82 Å². The number of nitrogens with zero attached hydrogens (tertiary/aromatic N) is 1. The number of hydrogen-bond donors (Lipinski definition) is 3. The summed E-state index contributed by atoms with van der Waals surface area (Å²) in [4.78, 5) is 25.2. The number of rotatable bonds is 5. The molecule has 130 valence electrons. The molecule has 6 nitrogen and oxygen atoms in total. The highest BCUT2D eigenvalue weighted by Gasteiger charge is 2.34. The third kappa shape index (κ3) is 3.36. The van der Waals surface area contributed by atoms with E-state index in [1.165, 1.54) is 6.07 Å². The third-order valence-electron chi connectivity index (χ3n) is 4.44. The van der Waals surface area contributed by atoms with Gasteiger partial charge in [0.2, 0.25) is 0 Å². The lowest BCUT2D eigenvalue weighted by Crippen LogP contribution is -2.69. The first-order valence-electron chi connectivity index (χ1n) is 8.32. The van der Waals surface area contributed by atoms with Crippen LogP contribution in [0.1, 0.15) is 56.7 Å². The number of amides is 4. The molecule has 24 heavy (non-hydrogen) atoms. The number of halogens is 1. The van der Waals surface area contributed by atoms with E-state index in [1.807, 2.05) is 19.1 Å². The van der Waals surface area contributed by atoms with Gasteiger partial charge < -0.3 is 10.6 Å². The van der Waals surface area contributed by atoms with E-state index in [2.05, 4.69) is 16.0 Å². The van der Waals surface area contributed by atoms with Crippen LogP contribution in [0.15, 0.2) is 18.2 Å². The first-order chi connectivity index (χ1) is 11.4. The van der Waals surface area contributed by atoms with E-state index in [-0.39, 0.29) is 17.9 Å². The van der Waals surface area contributed by atoms with Gasteiger partial charge in [0, 0.05) is 17.6 Å². The predicted octanol–water partition coefficient (Wildman–Crippen LogP) is 2.78. The Kier molecular flexibility index (Phi) is 4.45. The molecule has 0 aromatic heterocycles. The Labute approximate surface area is 140 Å². The average molecular weight is 334 g/mol. The first kappa shape index (κ1) is 16.7. The molecule has 3 rings (SSSR count). The number of benzene rings is 1. The van der Waals surface area contributed by atoms with Gasteiger partial charge in [0.25, 0.3) is 0 Å². The normalized spacial score (nSPS) is 20.1. The van der Waals surface area contributed by atoms with Crippen LogP contribution in [0.2, 0.25) is 0 Å². The molecule has 1 aromatic carbocycles. The van der Waals surface area contributed by atoms with Crippen molar-refractivity contribution in [1.82, 2.24) is 20.9 Å². The smallest absolute Gasteiger partial charge is 0.304 e. The van der Waals surface area contributed by atoms with Crippen LogP contribution < -0.4 is 16.0 Å². The van der Waals surface area contributed by atoms with Gasteiger partial charge in [-0.05, 0) is 51.2 Å². The summed E-state index contributed by atoms with van der Waals surface area (Å²) in [6, 6.07) is 3.65. The van der Waals surface area contributed by atoms with Gasteiger partial charge in [0.05, 0.1) is 0 Å². The number of carbonyl (C=O) groups is 2. The molecule has 7 heteroatoms. The highest BCUT2D eigenvalue weighted by atomic mass is 19.1. The fraction of sp³-hybridized carbons (Fsp3) is 0.529. The van der Waals surface area contributed by atoms with Crippen LogP contribution in [0.4, 0.5) is 14.0 Å². The van der Waals surface area contributed by atoms with Crippen molar-refractivity contribution in [2.24, 2.45) is 0 Å². The molecule has 1 saturated heterocycles. The highest BCUT2D eigenvalue weighted by Crippen LogP contribution is 2.41. The standard InChI is InChI=1S/C17H23FN4O2/c1-9(2)22-16(23)20-15(21-17(22)24)19-10(3)13-8-12(11-4-5-11)6-7-14(13)18/h6-11,15,19H,4-5H2,1-3H3,(H,20,23)(H,21,24)/t10-/m0/s1. The molecule has 0 spiro atoms. The van der Waals surface area contributed by atoms with Crippen molar-refractivity contribution in [3.05, 3.63) is 35.1 Å². The molecule has 1 aromatic rings. The van der Waals surface area contributed by atoms with Crippen LogP contribution in [-0.4, -0.2) is 29.3 Å². The quantitative estimate of drug-likeness (QED) is 0.775. The number of imide groups is 1. The van der Waals surface area contributed by atoms with Crippen LogP contribution in [0.25, 0.3) is 0 Å². The van der Waals surface area contributed by atoms with E-state index in [0.29, 0.717) is 11.5 Å². The third-order valence-corrected chi connectivity index (χ3v) is 4.44. The van der Waals surface area contributed by atoms with E-state index < -0.39 is 18.4 Å². The average Bonchev–Trinajstić information content (AvgIpc) is 3.31. The maximum absolute atomic E-state index is 14.2. The number of hydrogen-bond acceptors (Lipinski definition) is 3. The second kappa shape index (κ2) is 6.39. The van der Waals surface area contributed by atoms with Gasteiger partial charge in [0.15, 0.2) is 6.29 Å². The second-order valence-electron chi connectivity index (χ2n) is 6.74. The summed E-state index contributed by atoms with van der Waals surface area (Å²) in [5, 5.41) is 8.39. The lowest BCUT2D eigenvalue weighted by atomic mass is 10.0. The van der Waals surface area contributed by atoms with E-state index in [9.17, 15) is 14.0 Å². The van der Waals surface area contributed by atoms with Gasteiger partial charge in [0.1, 0.15) is 5.82 Å². The van der Waals surface area contributed by atoms with Gasteiger partial charge in [-0.3, -0.25) is 5.32 Å². The van der Waals surface area contributed by atoms with Crippen molar-refractivity contribution in [2.75, 3.05) is 0 Å². The van der Waals surface area contributed by atoms with Gasteiger partial charge in [-0.25, -0.2) is 18.9 Å². The van der Waals surface area contributed by atoms with E-state index >= 15 is 0 Å². The lowest BCUT2D eigenvalue weighted by molar-refractivity contribution is 0.146. The Morgan fingerprint density at radius 2 is 1.79 bits per heavy atom. The number of nitrogens with one attached hydrogen (secondary N) is 3. The number of urea groups is 2. The van der Waals surface area contributed by atoms with Crippen molar-refractivity contribution in [3.8, 4) is 0 Å². The van der Waals surface area contributed by atoms with Crippen LogP contribution in [0.3, 0.4) is 0 Å². The molecule has 1 saturated carbocycles. The van der Waals surface area contributed by atoms with Gasteiger partial charge in [-0.2, -0.15) is 0 Å². The van der Waals surface area contributed by atoms with Gasteiger partial charge >= 0.3 is 12.1 Å². The molecular weight excluding hydrogens is 311 g/mol.